The Hall–Kier alpha value is -1.23. The van der Waals surface area contributed by atoms with Crippen LogP contribution in [-0.4, -0.2) is 23.6 Å². The highest BCUT2D eigenvalue weighted by Crippen LogP contribution is 2.31. The minimum Gasteiger partial charge on any atom is -0.304 e. The van der Waals surface area contributed by atoms with Crippen LogP contribution >= 0.6 is 15.9 Å². The van der Waals surface area contributed by atoms with Gasteiger partial charge in [-0.3, -0.25) is 9.59 Å². The number of hydrogen-bond acceptors (Lipinski definition) is 2. The van der Waals surface area contributed by atoms with Crippen molar-refractivity contribution >= 4 is 33.3 Å². The van der Waals surface area contributed by atoms with Gasteiger partial charge in [-0.2, -0.15) is 0 Å². The Morgan fingerprint density at radius 3 is 2.58 bits per heavy atom. The largest absolute Gasteiger partial charge is 0.304 e. The molecule has 0 aromatic heterocycles. The number of benzene rings is 1. The molecule has 0 spiro atoms. The Balaban J connectivity index is 2.35. The van der Waals surface area contributed by atoms with Gasteiger partial charge in [-0.25, -0.2) is 4.39 Å². The van der Waals surface area contributed by atoms with Crippen LogP contribution in [0.2, 0.25) is 0 Å². The van der Waals surface area contributed by atoms with Crippen molar-refractivity contribution in [2.75, 3.05) is 16.8 Å². The summed E-state index contributed by atoms with van der Waals surface area (Å²) in [6.45, 7) is 4.53. The first kappa shape index (κ1) is 14.2. The number of amides is 1. The molecule has 0 saturated carbocycles. The van der Waals surface area contributed by atoms with Crippen molar-refractivity contribution in [1.82, 2.24) is 0 Å². The maximum Gasteiger partial charge on any atom is 0.299 e. The molecule has 3 nitrogen and oxygen atoms in total. The lowest BCUT2D eigenvalue weighted by atomic mass is 9.97. The predicted molar refractivity (Wildman–Crippen MR) is 75.2 cm³/mol. The van der Waals surface area contributed by atoms with Crippen LogP contribution < -0.4 is 4.90 Å². The molecule has 0 aliphatic carbocycles. The van der Waals surface area contributed by atoms with E-state index >= 15 is 0 Å². The second kappa shape index (κ2) is 5.41. The van der Waals surface area contributed by atoms with Crippen molar-refractivity contribution in [2.24, 2.45) is 11.8 Å². The average molecular weight is 328 g/mol. The smallest absolute Gasteiger partial charge is 0.299 e. The van der Waals surface area contributed by atoms with E-state index in [1.807, 2.05) is 0 Å². The van der Waals surface area contributed by atoms with Gasteiger partial charge in [0.15, 0.2) is 0 Å². The lowest BCUT2D eigenvalue weighted by Gasteiger charge is -2.25. The Labute approximate surface area is 119 Å². The van der Waals surface area contributed by atoms with Crippen LogP contribution in [0.5, 0.6) is 0 Å². The van der Waals surface area contributed by atoms with Gasteiger partial charge in [-0.15, -0.1) is 0 Å². The lowest BCUT2D eigenvalue weighted by molar-refractivity contribution is -0.114. The third kappa shape index (κ3) is 2.56. The van der Waals surface area contributed by atoms with E-state index < -0.39 is 17.5 Å². The van der Waals surface area contributed by atoms with E-state index in [0.717, 1.165) is 5.33 Å². The number of anilines is 1. The van der Waals surface area contributed by atoms with Gasteiger partial charge in [0.25, 0.3) is 11.7 Å². The molecule has 2 rings (SSSR count). The van der Waals surface area contributed by atoms with E-state index in [9.17, 15) is 14.0 Å². The SMILES string of the molecule is CC(C)C(CBr)CN1C(=O)C(=O)c2ccc(F)cc21. The molecule has 0 fully saturated rings. The molecule has 5 heteroatoms. The van der Waals surface area contributed by atoms with Crippen molar-refractivity contribution < 1.29 is 14.0 Å². The lowest BCUT2D eigenvalue weighted by Crippen LogP contribution is -2.36. The fraction of sp³-hybridized carbons (Fsp3) is 0.429. The quantitative estimate of drug-likeness (QED) is 0.629. The Kier molecular flexibility index (Phi) is 4.04. The number of carbonyl (C=O) groups is 2. The molecule has 19 heavy (non-hydrogen) atoms. The summed E-state index contributed by atoms with van der Waals surface area (Å²) in [4.78, 5) is 25.2. The Morgan fingerprint density at radius 2 is 2.00 bits per heavy atom. The zero-order chi connectivity index (χ0) is 14.2. The van der Waals surface area contributed by atoms with Gasteiger partial charge in [0.1, 0.15) is 5.82 Å². The second-order valence-corrected chi connectivity index (χ2v) is 5.71. The Morgan fingerprint density at radius 1 is 1.32 bits per heavy atom. The maximum atomic E-state index is 13.3. The van der Waals surface area contributed by atoms with Crippen molar-refractivity contribution in [1.29, 1.82) is 0 Å². The van der Waals surface area contributed by atoms with Gasteiger partial charge in [0.05, 0.1) is 11.3 Å². The Bertz CT molecular complexity index is 530. The van der Waals surface area contributed by atoms with Crippen LogP contribution in [0.15, 0.2) is 18.2 Å². The number of ketones is 1. The summed E-state index contributed by atoms with van der Waals surface area (Å²) in [6.07, 6.45) is 0. The van der Waals surface area contributed by atoms with Crippen molar-refractivity contribution in [3.63, 3.8) is 0 Å². The molecule has 1 aromatic rings. The van der Waals surface area contributed by atoms with Gasteiger partial charge >= 0.3 is 0 Å². The van der Waals surface area contributed by atoms with E-state index in [1.54, 1.807) is 0 Å². The molecule has 102 valence electrons. The summed E-state index contributed by atoms with van der Waals surface area (Å²) in [7, 11) is 0. The second-order valence-electron chi connectivity index (χ2n) is 5.06. The van der Waals surface area contributed by atoms with Gasteiger partial charge in [-0.05, 0) is 30.0 Å². The van der Waals surface area contributed by atoms with Crippen LogP contribution in [0.1, 0.15) is 24.2 Å². The predicted octanol–water partition coefficient (Wildman–Crippen LogP) is 3.02. The van der Waals surface area contributed by atoms with Crippen LogP contribution in [0, 0.1) is 17.7 Å². The molecular weight excluding hydrogens is 313 g/mol. The number of hydrogen-bond donors (Lipinski definition) is 0. The zero-order valence-electron chi connectivity index (χ0n) is 10.8. The molecular formula is C14H15BrFNO2. The molecule has 1 aliphatic rings. The summed E-state index contributed by atoms with van der Waals surface area (Å²) in [5, 5.41) is 0.729. The fourth-order valence-corrected chi connectivity index (χ4v) is 3.07. The third-order valence-electron chi connectivity index (χ3n) is 3.49. The monoisotopic (exact) mass is 327 g/mol. The molecule has 1 aliphatic heterocycles. The molecule has 0 N–H and O–H groups in total. The van der Waals surface area contributed by atoms with E-state index in [1.165, 1.54) is 23.1 Å². The standard InChI is InChI=1S/C14H15BrFNO2/c1-8(2)9(6-15)7-17-12-5-10(16)3-4-11(12)13(18)14(17)19/h3-5,8-9H,6-7H2,1-2H3. The van der Waals surface area contributed by atoms with E-state index in [-0.39, 0.29) is 5.92 Å². The summed E-state index contributed by atoms with van der Waals surface area (Å²) in [5.41, 5.74) is 0.685. The molecule has 0 saturated heterocycles. The van der Waals surface area contributed by atoms with E-state index in [4.69, 9.17) is 0 Å². The fourth-order valence-electron chi connectivity index (χ4n) is 2.12. The molecule has 0 radical (unpaired) electrons. The van der Waals surface area contributed by atoms with Gasteiger partial charge in [0.2, 0.25) is 0 Å². The first-order chi connectivity index (χ1) is 8.95. The van der Waals surface area contributed by atoms with Gasteiger partial charge in [0, 0.05) is 11.9 Å². The number of fused-ring (bicyclic) bond motifs is 1. The van der Waals surface area contributed by atoms with Crippen molar-refractivity contribution in [3.05, 3.63) is 29.6 Å². The minimum absolute atomic E-state index is 0.214. The number of alkyl halides is 1. The molecule has 1 amide bonds. The minimum atomic E-state index is -0.563. The van der Waals surface area contributed by atoms with Crippen LogP contribution in [-0.2, 0) is 4.79 Å². The molecule has 1 unspecified atom stereocenters. The molecule has 1 heterocycles. The van der Waals surface area contributed by atoms with Crippen molar-refractivity contribution in [2.45, 2.75) is 13.8 Å². The van der Waals surface area contributed by atoms with Crippen LogP contribution in [0.4, 0.5) is 10.1 Å². The first-order valence-corrected chi connectivity index (χ1v) is 7.29. The highest BCUT2D eigenvalue weighted by Gasteiger charge is 2.37. The van der Waals surface area contributed by atoms with Gasteiger partial charge < -0.3 is 4.90 Å². The number of rotatable bonds is 4. The maximum absolute atomic E-state index is 13.3. The average Bonchev–Trinajstić information content (AvgIpc) is 2.59. The molecule has 1 atom stereocenters. The summed E-state index contributed by atoms with van der Waals surface area (Å²) in [6, 6.07) is 3.84. The zero-order valence-corrected chi connectivity index (χ0v) is 12.4. The summed E-state index contributed by atoms with van der Waals surface area (Å²) < 4.78 is 13.3. The third-order valence-corrected chi connectivity index (χ3v) is 4.32. The highest BCUT2D eigenvalue weighted by molar-refractivity contribution is 9.09. The molecule has 1 aromatic carbocycles. The van der Waals surface area contributed by atoms with Crippen LogP contribution in [0.25, 0.3) is 0 Å². The van der Waals surface area contributed by atoms with Crippen LogP contribution in [0.3, 0.4) is 0 Å². The number of nitrogens with zero attached hydrogens (tertiary/aromatic N) is 1. The topological polar surface area (TPSA) is 37.4 Å². The van der Waals surface area contributed by atoms with E-state index in [2.05, 4.69) is 29.8 Å². The first-order valence-electron chi connectivity index (χ1n) is 6.17. The molecule has 0 bridgehead atoms. The highest BCUT2D eigenvalue weighted by atomic mass is 79.9. The number of carbonyl (C=O) groups excluding carboxylic acids is 2. The number of Topliss-reactive ketones (excluding diaryl/α,β-unsaturated/α-hetero) is 1. The normalized spacial score (nSPS) is 16.2. The summed E-state index contributed by atoms with van der Waals surface area (Å²) in [5.74, 6) is -0.976. The van der Waals surface area contributed by atoms with Crippen molar-refractivity contribution in [3.8, 4) is 0 Å². The van der Waals surface area contributed by atoms with E-state index in [0.29, 0.717) is 23.7 Å². The number of halogens is 2. The van der Waals surface area contributed by atoms with Gasteiger partial charge in [-0.1, -0.05) is 29.8 Å². The summed E-state index contributed by atoms with van der Waals surface area (Å²) >= 11 is 3.42.